The molecule has 0 aliphatic carbocycles. The van der Waals surface area contributed by atoms with E-state index in [1.165, 1.54) is 21.8 Å². The monoisotopic (exact) mass is 388 g/mol. The lowest BCUT2D eigenvalue weighted by atomic mass is 10.1. The van der Waals surface area contributed by atoms with Crippen molar-refractivity contribution in [1.82, 2.24) is 9.13 Å². The van der Waals surface area contributed by atoms with E-state index in [0.29, 0.717) is 0 Å². The van der Waals surface area contributed by atoms with Gasteiger partial charge in [-0.2, -0.15) is 19.0 Å². The first-order valence-corrected chi connectivity index (χ1v) is 9.77. The van der Waals surface area contributed by atoms with Crippen LogP contribution in [0.25, 0.3) is 21.8 Å². The van der Waals surface area contributed by atoms with Crippen molar-refractivity contribution in [2.75, 3.05) is 12.1 Å². The van der Waals surface area contributed by atoms with Crippen LogP contribution in [0.15, 0.2) is 58.4 Å². The molecule has 0 fully saturated rings. The molecule has 6 heteroatoms. The number of benzene rings is 2. The summed E-state index contributed by atoms with van der Waals surface area (Å²) in [5.41, 5.74) is 5.06. The highest BCUT2D eigenvalue weighted by Crippen LogP contribution is 2.31. The van der Waals surface area contributed by atoms with Gasteiger partial charge in [-0.1, -0.05) is 18.2 Å². The molecule has 29 heavy (non-hydrogen) atoms. The fourth-order valence-corrected chi connectivity index (χ4v) is 3.81. The number of hydrogen-bond acceptors (Lipinski definition) is 3. The van der Waals surface area contributed by atoms with Gasteiger partial charge in [0.05, 0.1) is 26.0 Å². The van der Waals surface area contributed by atoms with Gasteiger partial charge in [0.25, 0.3) is 0 Å². The number of hydrogen-bond donors (Lipinski definition) is 0. The fraction of sp³-hybridized carbons (Fsp3) is 0.261. The molecule has 0 aliphatic heterocycles. The molecule has 0 N–H and O–H groups in total. The van der Waals surface area contributed by atoms with Gasteiger partial charge >= 0.3 is 5.69 Å². The molecule has 0 amide bonds. The van der Waals surface area contributed by atoms with Crippen LogP contribution in [0.4, 0.5) is 5.69 Å². The predicted molar refractivity (Wildman–Crippen MR) is 119 cm³/mol. The lowest BCUT2D eigenvalue weighted by Gasteiger charge is -2.13. The van der Waals surface area contributed by atoms with E-state index < -0.39 is 0 Å². The van der Waals surface area contributed by atoms with Gasteiger partial charge in [0.1, 0.15) is 5.69 Å². The highest BCUT2D eigenvalue weighted by atomic mass is 16.1. The minimum absolute atomic E-state index is 0.0668. The molecule has 0 unspecified atom stereocenters. The topological polar surface area (TPSA) is 46.4 Å². The average molecular weight is 388 g/mol. The first kappa shape index (κ1) is 18.9. The molecule has 0 atom stereocenters. The minimum Gasteiger partial charge on any atom is -0.341 e. The summed E-state index contributed by atoms with van der Waals surface area (Å²) in [6.07, 6.45) is 1.73. The number of aromatic nitrogens is 3. The van der Waals surface area contributed by atoms with Crippen molar-refractivity contribution in [1.29, 1.82) is 0 Å². The van der Waals surface area contributed by atoms with Gasteiger partial charge in [-0.3, -0.25) is 5.01 Å². The predicted octanol–water partition coefficient (Wildman–Crippen LogP) is 3.12. The summed E-state index contributed by atoms with van der Waals surface area (Å²) in [4.78, 5) is 12.3. The normalized spacial score (nSPS) is 11.8. The summed E-state index contributed by atoms with van der Waals surface area (Å²) in [6.45, 7) is 5.01. The van der Waals surface area contributed by atoms with E-state index in [2.05, 4.69) is 59.1 Å². The van der Waals surface area contributed by atoms with Crippen LogP contribution in [0.1, 0.15) is 18.3 Å². The van der Waals surface area contributed by atoms with Crippen molar-refractivity contribution in [3.05, 3.63) is 70.4 Å². The lowest BCUT2D eigenvalue weighted by Crippen LogP contribution is -2.54. The maximum atomic E-state index is 12.3. The van der Waals surface area contributed by atoms with E-state index in [9.17, 15) is 4.79 Å². The van der Waals surface area contributed by atoms with Crippen LogP contribution in [0.5, 0.6) is 0 Å². The Morgan fingerprint density at radius 1 is 1.10 bits per heavy atom. The lowest BCUT2D eigenvalue weighted by molar-refractivity contribution is -0.691. The Labute approximate surface area is 169 Å². The summed E-state index contributed by atoms with van der Waals surface area (Å²) < 4.78 is 5.56. The molecular weight excluding hydrogens is 362 g/mol. The van der Waals surface area contributed by atoms with Gasteiger partial charge in [-0.25, -0.2) is 0 Å². The van der Waals surface area contributed by atoms with Crippen LogP contribution in [0.3, 0.4) is 0 Å². The molecule has 0 bridgehead atoms. The third kappa shape index (κ3) is 3.10. The van der Waals surface area contributed by atoms with Crippen molar-refractivity contribution in [2.24, 2.45) is 19.2 Å². The van der Waals surface area contributed by atoms with Crippen LogP contribution < -0.4 is 15.3 Å². The molecule has 2 aromatic carbocycles. The van der Waals surface area contributed by atoms with Crippen LogP contribution >= 0.6 is 0 Å². The van der Waals surface area contributed by atoms with Crippen LogP contribution in [-0.4, -0.2) is 22.4 Å². The summed E-state index contributed by atoms with van der Waals surface area (Å²) >= 11 is 0. The van der Waals surface area contributed by atoms with E-state index in [1.54, 1.807) is 29.4 Å². The van der Waals surface area contributed by atoms with Crippen LogP contribution in [-0.2, 0) is 20.6 Å². The Morgan fingerprint density at radius 2 is 1.83 bits per heavy atom. The summed E-state index contributed by atoms with van der Waals surface area (Å²) in [6, 6.07) is 16.9. The van der Waals surface area contributed by atoms with Gasteiger partial charge in [0.15, 0.2) is 5.69 Å². The molecule has 6 nitrogen and oxygen atoms in total. The number of nitrogens with zero attached hydrogens (tertiary/aromatic N) is 5. The number of hydrazone groups is 1. The van der Waals surface area contributed by atoms with Gasteiger partial charge in [0.2, 0.25) is 0 Å². The zero-order valence-electron chi connectivity index (χ0n) is 17.5. The molecule has 0 radical (unpaired) electrons. The maximum Gasteiger partial charge on any atom is 0.498 e. The van der Waals surface area contributed by atoms with E-state index in [1.807, 2.05) is 25.0 Å². The van der Waals surface area contributed by atoms with Crippen molar-refractivity contribution in [3.8, 4) is 0 Å². The zero-order valence-corrected chi connectivity index (χ0v) is 17.5. The molecule has 0 saturated heterocycles. The fourth-order valence-electron chi connectivity index (χ4n) is 3.81. The molecule has 4 aromatic rings. The van der Waals surface area contributed by atoms with Gasteiger partial charge in [0, 0.05) is 41.5 Å². The van der Waals surface area contributed by atoms with Crippen molar-refractivity contribution in [3.63, 3.8) is 0 Å². The quantitative estimate of drug-likeness (QED) is 0.306. The smallest absolute Gasteiger partial charge is 0.341 e. The van der Waals surface area contributed by atoms with Gasteiger partial charge < -0.3 is 4.57 Å². The van der Waals surface area contributed by atoms with Gasteiger partial charge in [-0.05, 0) is 38.1 Å². The summed E-state index contributed by atoms with van der Waals surface area (Å²) in [5.74, 6) is 0. The summed E-state index contributed by atoms with van der Waals surface area (Å²) in [5, 5.41) is 8.89. The Balaban J connectivity index is 1.75. The third-order valence-electron chi connectivity index (χ3n) is 5.66. The second-order valence-corrected chi connectivity index (χ2v) is 7.34. The third-order valence-corrected chi connectivity index (χ3v) is 5.66. The molecule has 2 aromatic heterocycles. The number of para-hydroxylation sites is 1. The first-order valence-electron chi connectivity index (χ1n) is 9.77. The first-order chi connectivity index (χ1) is 13.9. The summed E-state index contributed by atoms with van der Waals surface area (Å²) in [7, 11) is 5.45. The van der Waals surface area contributed by atoms with Crippen molar-refractivity contribution in [2.45, 2.75) is 20.4 Å². The standard InChI is InChI=1S/C23H26N5O/c1-6-28-21-10-8-7-9-19(21)20-14-17(11-12-22(20)28)27(5)24-15-18-13-16(2)25(3)23(29)26(18)4/h7-15H,6H2,1-5H3/q+1. The average Bonchev–Trinajstić information content (AvgIpc) is 3.06. The van der Waals surface area contributed by atoms with Gasteiger partial charge in [-0.15, -0.1) is 0 Å². The molecular formula is C23H26N5O+. The molecule has 4 rings (SSSR count). The van der Waals surface area contributed by atoms with E-state index in [0.717, 1.165) is 23.6 Å². The number of rotatable bonds is 4. The second-order valence-electron chi connectivity index (χ2n) is 7.34. The maximum absolute atomic E-state index is 12.3. The number of aryl methyl sites for hydroxylation is 2. The van der Waals surface area contributed by atoms with E-state index in [-0.39, 0.29) is 5.69 Å². The Morgan fingerprint density at radius 3 is 2.59 bits per heavy atom. The van der Waals surface area contributed by atoms with Crippen molar-refractivity contribution < 1.29 is 4.57 Å². The Hall–Kier alpha value is -3.41. The zero-order chi connectivity index (χ0) is 20.7. The highest BCUT2D eigenvalue weighted by molar-refractivity contribution is 6.09. The number of anilines is 1. The molecule has 2 heterocycles. The molecule has 148 valence electrons. The number of fused-ring (bicyclic) bond motifs is 3. The van der Waals surface area contributed by atoms with E-state index >= 15 is 0 Å². The second kappa shape index (κ2) is 7.20. The van der Waals surface area contributed by atoms with Crippen LogP contribution in [0.2, 0.25) is 0 Å². The molecule has 0 saturated carbocycles. The molecule has 0 spiro atoms. The van der Waals surface area contributed by atoms with Crippen LogP contribution in [0, 0.1) is 6.92 Å². The highest BCUT2D eigenvalue weighted by Gasteiger charge is 2.13. The Bertz CT molecular complexity index is 1310. The Kier molecular flexibility index (Phi) is 4.70. The van der Waals surface area contributed by atoms with Crippen molar-refractivity contribution >= 4 is 33.7 Å². The minimum atomic E-state index is -0.0668. The van der Waals surface area contributed by atoms with E-state index in [4.69, 9.17) is 0 Å². The largest absolute Gasteiger partial charge is 0.498 e. The molecule has 0 aliphatic rings. The SMILES string of the molecule is CCn1c2ccccc2c2cc(N(C)/N=C/c3cc(C)n(C)c(=O)[n+]3C)ccc21.